The molecule has 0 spiro atoms. The van der Waals surface area contributed by atoms with Crippen LogP contribution in [0.4, 0.5) is 4.39 Å². The summed E-state index contributed by atoms with van der Waals surface area (Å²) in [4.78, 5) is 19.9. The summed E-state index contributed by atoms with van der Waals surface area (Å²) in [5, 5.41) is 8.62. The van der Waals surface area contributed by atoms with E-state index in [0.29, 0.717) is 22.7 Å². The van der Waals surface area contributed by atoms with Gasteiger partial charge in [-0.25, -0.2) is 9.37 Å². The van der Waals surface area contributed by atoms with Crippen LogP contribution in [0.3, 0.4) is 0 Å². The lowest BCUT2D eigenvalue weighted by Crippen LogP contribution is -2.20. The number of hydrogen-bond acceptors (Lipinski definition) is 5. The first kappa shape index (κ1) is 23.7. The second-order valence-electron chi connectivity index (χ2n) is 10.2. The summed E-state index contributed by atoms with van der Waals surface area (Å²) in [6.45, 7) is 3.41. The first-order valence-electron chi connectivity index (χ1n) is 13.5. The molecule has 1 saturated heterocycles. The van der Waals surface area contributed by atoms with Crippen molar-refractivity contribution in [2.24, 2.45) is 0 Å². The maximum atomic E-state index is 14.7. The van der Waals surface area contributed by atoms with Crippen LogP contribution in [0.5, 0.6) is 0 Å². The Morgan fingerprint density at radius 1 is 0.846 bits per heavy atom. The number of nitrogens with one attached hydrogen (secondary N) is 2. The molecule has 0 saturated carbocycles. The molecule has 6 aromatic rings. The van der Waals surface area contributed by atoms with Gasteiger partial charge in [0.1, 0.15) is 17.0 Å². The van der Waals surface area contributed by atoms with Crippen LogP contribution in [0.2, 0.25) is 0 Å². The molecule has 2 N–H and O–H groups in total. The number of hydrogen-bond donors (Lipinski definition) is 2. The van der Waals surface area contributed by atoms with Crippen molar-refractivity contribution in [2.45, 2.75) is 25.7 Å². The van der Waals surface area contributed by atoms with Crippen LogP contribution >= 0.6 is 0 Å². The fourth-order valence-corrected chi connectivity index (χ4v) is 5.59. The fraction of sp³-hybridized carbons (Fsp3) is 0.226. The average Bonchev–Trinajstić information content (AvgIpc) is 3.72. The molecule has 0 atom stereocenters. The fourth-order valence-electron chi connectivity index (χ4n) is 5.59. The predicted octanol–water partition coefficient (Wildman–Crippen LogP) is 6.40. The first-order chi connectivity index (χ1) is 19.2. The Balaban J connectivity index is 1.23. The van der Waals surface area contributed by atoms with Gasteiger partial charge >= 0.3 is 0 Å². The van der Waals surface area contributed by atoms with Gasteiger partial charge in [0, 0.05) is 28.9 Å². The van der Waals surface area contributed by atoms with Crippen molar-refractivity contribution in [2.75, 3.05) is 19.6 Å². The Bertz CT molecular complexity index is 1770. The maximum Gasteiger partial charge on any atom is 0.159 e. The summed E-state index contributed by atoms with van der Waals surface area (Å²) in [6.07, 6.45) is 7.94. The molecule has 7 rings (SSSR count). The minimum Gasteiger partial charge on any atom is -0.336 e. The molecule has 0 radical (unpaired) electrons. The van der Waals surface area contributed by atoms with Crippen LogP contribution in [-0.2, 0) is 6.42 Å². The van der Waals surface area contributed by atoms with Gasteiger partial charge < -0.3 is 9.88 Å². The first-order valence-corrected chi connectivity index (χ1v) is 13.5. The molecular formula is C31H28FN7. The molecule has 0 bridgehead atoms. The van der Waals surface area contributed by atoms with Gasteiger partial charge in [-0.1, -0.05) is 12.1 Å². The predicted molar refractivity (Wildman–Crippen MR) is 152 cm³/mol. The summed E-state index contributed by atoms with van der Waals surface area (Å²) < 4.78 is 14.7. The van der Waals surface area contributed by atoms with Crippen LogP contribution in [0.25, 0.3) is 56.0 Å². The number of aryl methyl sites for hydroxylation is 1. The normalized spacial score (nSPS) is 14.1. The van der Waals surface area contributed by atoms with E-state index in [9.17, 15) is 4.39 Å². The van der Waals surface area contributed by atoms with Crippen molar-refractivity contribution in [1.82, 2.24) is 35.0 Å². The highest BCUT2D eigenvalue weighted by atomic mass is 19.1. The molecule has 0 aliphatic carbocycles. The number of likely N-dealkylation sites (tertiary alicyclic amines) is 1. The number of aromatic amines is 2. The summed E-state index contributed by atoms with van der Waals surface area (Å²) in [7, 11) is 0. The number of halogens is 1. The number of fused-ring (bicyclic) bond motifs is 2. The van der Waals surface area contributed by atoms with Crippen LogP contribution < -0.4 is 0 Å². The zero-order valence-electron chi connectivity index (χ0n) is 21.5. The van der Waals surface area contributed by atoms with Gasteiger partial charge in [0.15, 0.2) is 5.82 Å². The lowest BCUT2D eigenvalue weighted by Gasteiger charge is -2.14. The maximum absolute atomic E-state index is 14.7. The van der Waals surface area contributed by atoms with Gasteiger partial charge in [-0.2, -0.15) is 5.10 Å². The molecule has 7 nitrogen and oxygen atoms in total. The van der Waals surface area contributed by atoms with Crippen molar-refractivity contribution in [3.8, 4) is 34.0 Å². The van der Waals surface area contributed by atoms with Crippen LogP contribution in [0, 0.1) is 5.82 Å². The molecule has 1 fully saturated rings. The van der Waals surface area contributed by atoms with E-state index in [4.69, 9.17) is 4.98 Å². The highest BCUT2D eigenvalue weighted by molar-refractivity contribution is 5.97. The Morgan fingerprint density at radius 2 is 1.77 bits per heavy atom. The quantitative estimate of drug-likeness (QED) is 0.256. The largest absolute Gasteiger partial charge is 0.336 e. The number of pyridine rings is 2. The second kappa shape index (κ2) is 10.0. The minimum atomic E-state index is -0.251. The summed E-state index contributed by atoms with van der Waals surface area (Å²) >= 11 is 0. The molecule has 5 heterocycles. The molecule has 1 aliphatic heterocycles. The van der Waals surface area contributed by atoms with Gasteiger partial charge in [-0.3, -0.25) is 15.1 Å². The number of aromatic nitrogens is 6. The lowest BCUT2D eigenvalue weighted by molar-refractivity contribution is 0.334. The highest BCUT2D eigenvalue weighted by Gasteiger charge is 2.17. The van der Waals surface area contributed by atoms with E-state index in [1.54, 1.807) is 24.5 Å². The molecule has 1 aliphatic rings. The van der Waals surface area contributed by atoms with Crippen molar-refractivity contribution in [1.29, 1.82) is 0 Å². The van der Waals surface area contributed by atoms with Crippen molar-refractivity contribution in [3.05, 3.63) is 84.4 Å². The van der Waals surface area contributed by atoms with E-state index < -0.39 is 0 Å². The van der Waals surface area contributed by atoms with E-state index in [1.807, 2.05) is 42.5 Å². The number of rotatable bonds is 7. The third-order valence-electron chi connectivity index (χ3n) is 7.52. The summed E-state index contributed by atoms with van der Waals surface area (Å²) in [5.74, 6) is 0.379. The zero-order valence-corrected chi connectivity index (χ0v) is 21.5. The molecule has 39 heavy (non-hydrogen) atoms. The number of benzene rings is 2. The van der Waals surface area contributed by atoms with Crippen LogP contribution in [0.15, 0.2) is 73.1 Å². The topological polar surface area (TPSA) is 86.4 Å². The van der Waals surface area contributed by atoms with Crippen LogP contribution in [0.1, 0.15) is 24.8 Å². The Hall–Kier alpha value is -4.43. The smallest absolute Gasteiger partial charge is 0.159 e. The third-order valence-corrected chi connectivity index (χ3v) is 7.52. The summed E-state index contributed by atoms with van der Waals surface area (Å²) in [6, 6.07) is 19.1. The third kappa shape index (κ3) is 4.68. The lowest BCUT2D eigenvalue weighted by atomic mass is 10.0. The van der Waals surface area contributed by atoms with E-state index >= 15 is 0 Å². The zero-order chi connectivity index (χ0) is 26.2. The van der Waals surface area contributed by atoms with Gasteiger partial charge in [0.05, 0.1) is 22.4 Å². The molecule has 2 aromatic carbocycles. The van der Waals surface area contributed by atoms with Crippen molar-refractivity contribution >= 4 is 21.9 Å². The van der Waals surface area contributed by atoms with E-state index in [0.717, 1.165) is 58.2 Å². The van der Waals surface area contributed by atoms with Gasteiger partial charge in [0.25, 0.3) is 0 Å². The number of H-pyrrole nitrogens is 2. The highest BCUT2D eigenvalue weighted by Crippen LogP contribution is 2.32. The number of imidazole rings is 1. The van der Waals surface area contributed by atoms with Crippen molar-refractivity contribution in [3.63, 3.8) is 0 Å². The molecule has 4 aromatic heterocycles. The molecule has 194 valence electrons. The average molecular weight is 518 g/mol. The van der Waals surface area contributed by atoms with Crippen molar-refractivity contribution < 1.29 is 4.39 Å². The van der Waals surface area contributed by atoms with Crippen LogP contribution in [-0.4, -0.2) is 54.7 Å². The molecular weight excluding hydrogens is 489 g/mol. The van der Waals surface area contributed by atoms with E-state index in [-0.39, 0.29) is 5.82 Å². The standard InChI is InChI=1S/C31H28FN7/c32-23-17-20(6-5-15-39-13-3-4-14-39)16-22(18-23)28-30-27(10-12-34-28)35-31(36-30)29-24-19-21(8-9-26(24)37-38-29)25-7-1-2-11-33-25/h1-2,7-12,16-19H,3-6,13-15H2,(H,35,36)(H,37,38). The molecule has 0 amide bonds. The van der Waals surface area contributed by atoms with Gasteiger partial charge in [0.2, 0.25) is 0 Å². The second-order valence-corrected chi connectivity index (χ2v) is 10.2. The monoisotopic (exact) mass is 517 g/mol. The minimum absolute atomic E-state index is 0.251. The van der Waals surface area contributed by atoms with E-state index in [1.165, 1.54) is 25.9 Å². The van der Waals surface area contributed by atoms with Gasteiger partial charge in [-0.15, -0.1) is 0 Å². The Labute approximate surface area is 225 Å². The SMILES string of the molecule is Fc1cc(CCCN2CCCC2)cc(-c2nccc3[nH]c(-c4n[nH]c5ccc(-c6ccccn6)cc45)nc23)c1. The van der Waals surface area contributed by atoms with E-state index in [2.05, 4.69) is 36.1 Å². The number of nitrogens with zero attached hydrogens (tertiary/aromatic N) is 5. The molecule has 0 unspecified atom stereocenters. The summed E-state index contributed by atoms with van der Waals surface area (Å²) in [5.41, 5.74) is 7.41. The Morgan fingerprint density at radius 3 is 2.64 bits per heavy atom. The van der Waals surface area contributed by atoms with Gasteiger partial charge in [-0.05, 0) is 99.4 Å². The molecule has 8 heteroatoms. The Kier molecular flexibility index (Phi) is 6.09.